The monoisotopic (exact) mass is 301 g/mol. The largest absolute Gasteiger partial charge is 0.416 e. The SMILES string of the molecule is CC(NCC1(C)CCOCC1)c1ccc(C(F)(F)F)cc1. The van der Waals surface area contributed by atoms with Gasteiger partial charge in [-0.3, -0.25) is 0 Å². The Hall–Kier alpha value is -1.07. The number of nitrogens with one attached hydrogen (secondary N) is 1. The number of alkyl halides is 3. The Morgan fingerprint density at radius 2 is 1.76 bits per heavy atom. The smallest absolute Gasteiger partial charge is 0.381 e. The van der Waals surface area contributed by atoms with E-state index in [4.69, 9.17) is 4.74 Å². The van der Waals surface area contributed by atoms with Crippen LogP contribution >= 0.6 is 0 Å². The topological polar surface area (TPSA) is 21.3 Å². The average Bonchev–Trinajstić information content (AvgIpc) is 2.45. The highest BCUT2D eigenvalue weighted by atomic mass is 19.4. The van der Waals surface area contributed by atoms with E-state index in [1.807, 2.05) is 6.92 Å². The molecule has 2 nitrogen and oxygen atoms in total. The molecule has 0 saturated carbocycles. The number of hydrogen-bond acceptors (Lipinski definition) is 2. The molecule has 1 saturated heterocycles. The van der Waals surface area contributed by atoms with Crippen molar-refractivity contribution in [3.05, 3.63) is 35.4 Å². The Labute approximate surface area is 123 Å². The zero-order valence-electron chi connectivity index (χ0n) is 12.5. The van der Waals surface area contributed by atoms with E-state index in [1.165, 1.54) is 0 Å². The minimum atomic E-state index is -4.27. The van der Waals surface area contributed by atoms with E-state index in [1.54, 1.807) is 12.1 Å². The summed E-state index contributed by atoms with van der Waals surface area (Å²) in [5, 5.41) is 3.43. The molecule has 1 aromatic rings. The highest BCUT2D eigenvalue weighted by Gasteiger charge is 2.30. The zero-order chi connectivity index (χ0) is 15.5. The fourth-order valence-corrected chi connectivity index (χ4v) is 2.52. The van der Waals surface area contributed by atoms with Crippen molar-refractivity contribution in [2.75, 3.05) is 19.8 Å². The lowest BCUT2D eigenvalue weighted by Crippen LogP contribution is -2.37. The summed E-state index contributed by atoms with van der Waals surface area (Å²) < 4.78 is 43.0. The molecule has 1 N–H and O–H groups in total. The lowest BCUT2D eigenvalue weighted by atomic mass is 9.82. The molecule has 0 aliphatic carbocycles. The molecule has 0 radical (unpaired) electrons. The van der Waals surface area contributed by atoms with Gasteiger partial charge >= 0.3 is 6.18 Å². The summed E-state index contributed by atoms with van der Waals surface area (Å²) >= 11 is 0. The van der Waals surface area contributed by atoms with Gasteiger partial charge < -0.3 is 10.1 Å². The van der Waals surface area contributed by atoms with Crippen LogP contribution in [0, 0.1) is 5.41 Å². The van der Waals surface area contributed by atoms with Crippen LogP contribution in [0.25, 0.3) is 0 Å². The van der Waals surface area contributed by atoms with Crippen molar-refractivity contribution in [2.24, 2.45) is 5.41 Å². The van der Waals surface area contributed by atoms with Gasteiger partial charge in [-0.05, 0) is 42.9 Å². The Morgan fingerprint density at radius 3 is 2.29 bits per heavy atom. The second-order valence-electron chi connectivity index (χ2n) is 6.15. The minimum Gasteiger partial charge on any atom is -0.381 e. The van der Waals surface area contributed by atoms with Gasteiger partial charge in [-0.1, -0.05) is 19.1 Å². The van der Waals surface area contributed by atoms with Crippen LogP contribution in [0.1, 0.15) is 43.9 Å². The number of rotatable bonds is 4. The maximum absolute atomic E-state index is 12.5. The number of hydrogen-bond donors (Lipinski definition) is 1. The van der Waals surface area contributed by atoms with Crippen LogP contribution in [0.15, 0.2) is 24.3 Å². The normalized spacial score (nSPS) is 20.2. The summed E-state index contributed by atoms with van der Waals surface area (Å²) in [4.78, 5) is 0. The minimum absolute atomic E-state index is 0.0342. The number of halogens is 3. The fraction of sp³-hybridized carbons (Fsp3) is 0.625. The fourth-order valence-electron chi connectivity index (χ4n) is 2.52. The third-order valence-electron chi connectivity index (χ3n) is 4.27. The van der Waals surface area contributed by atoms with Gasteiger partial charge in [-0.25, -0.2) is 0 Å². The predicted molar refractivity (Wildman–Crippen MR) is 76.0 cm³/mol. The van der Waals surface area contributed by atoms with Crippen molar-refractivity contribution in [1.82, 2.24) is 5.32 Å². The summed E-state index contributed by atoms with van der Waals surface area (Å²) in [5.74, 6) is 0. The van der Waals surface area contributed by atoms with E-state index in [-0.39, 0.29) is 11.5 Å². The van der Waals surface area contributed by atoms with Crippen molar-refractivity contribution in [1.29, 1.82) is 0 Å². The zero-order valence-corrected chi connectivity index (χ0v) is 12.5. The Bertz CT molecular complexity index is 450. The molecule has 1 unspecified atom stereocenters. The maximum Gasteiger partial charge on any atom is 0.416 e. The molecule has 5 heteroatoms. The Morgan fingerprint density at radius 1 is 1.19 bits per heavy atom. The maximum atomic E-state index is 12.5. The molecule has 1 aliphatic heterocycles. The first-order valence-corrected chi connectivity index (χ1v) is 7.28. The van der Waals surface area contributed by atoms with Gasteiger partial charge in [0.1, 0.15) is 0 Å². The molecule has 1 heterocycles. The third-order valence-corrected chi connectivity index (χ3v) is 4.27. The van der Waals surface area contributed by atoms with Crippen molar-refractivity contribution < 1.29 is 17.9 Å². The summed E-state index contributed by atoms with van der Waals surface area (Å²) in [6.45, 7) is 6.62. The van der Waals surface area contributed by atoms with Crippen LogP contribution in [0.3, 0.4) is 0 Å². The van der Waals surface area contributed by atoms with Gasteiger partial charge in [-0.15, -0.1) is 0 Å². The molecule has 1 aliphatic rings. The number of ether oxygens (including phenoxy) is 1. The van der Waals surface area contributed by atoms with E-state index < -0.39 is 11.7 Å². The molecule has 0 bridgehead atoms. The molecule has 0 aromatic heterocycles. The summed E-state index contributed by atoms with van der Waals surface area (Å²) in [6.07, 6.45) is -2.25. The molecule has 1 fully saturated rings. The highest BCUT2D eigenvalue weighted by molar-refractivity contribution is 5.26. The van der Waals surface area contributed by atoms with Crippen LogP contribution in [-0.2, 0) is 10.9 Å². The summed E-state index contributed by atoms with van der Waals surface area (Å²) in [6, 6.07) is 5.42. The van der Waals surface area contributed by atoms with E-state index >= 15 is 0 Å². The van der Waals surface area contributed by atoms with E-state index in [0.29, 0.717) is 0 Å². The molecule has 0 amide bonds. The second kappa shape index (κ2) is 6.36. The van der Waals surface area contributed by atoms with Gasteiger partial charge in [0.2, 0.25) is 0 Å². The highest BCUT2D eigenvalue weighted by Crippen LogP contribution is 2.31. The van der Waals surface area contributed by atoms with Gasteiger partial charge in [0.05, 0.1) is 5.56 Å². The summed E-state index contributed by atoms with van der Waals surface area (Å²) in [5.41, 5.74) is 0.479. The third kappa shape index (κ3) is 4.45. The molecule has 1 atom stereocenters. The summed E-state index contributed by atoms with van der Waals surface area (Å²) in [7, 11) is 0. The molecule has 2 rings (SSSR count). The van der Waals surface area contributed by atoms with Gasteiger partial charge in [0.25, 0.3) is 0 Å². The number of benzene rings is 1. The molecule has 21 heavy (non-hydrogen) atoms. The van der Waals surface area contributed by atoms with Crippen molar-refractivity contribution in [3.63, 3.8) is 0 Å². The predicted octanol–water partition coefficient (Wildman–Crippen LogP) is 4.17. The van der Waals surface area contributed by atoms with Gasteiger partial charge in [0, 0.05) is 25.8 Å². The van der Waals surface area contributed by atoms with Crippen LogP contribution in [-0.4, -0.2) is 19.8 Å². The quantitative estimate of drug-likeness (QED) is 0.901. The average molecular weight is 301 g/mol. The Kier molecular flexibility index (Phi) is 4.94. The van der Waals surface area contributed by atoms with E-state index in [9.17, 15) is 13.2 Å². The van der Waals surface area contributed by atoms with E-state index in [2.05, 4.69) is 12.2 Å². The lowest BCUT2D eigenvalue weighted by Gasteiger charge is -2.34. The molecular formula is C16H22F3NO. The van der Waals surface area contributed by atoms with Crippen LogP contribution in [0.4, 0.5) is 13.2 Å². The van der Waals surface area contributed by atoms with Crippen LogP contribution in [0.5, 0.6) is 0 Å². The lowest BCUT2D eigenvalue weighted by molar-refractivity contribution is -0.137. The van der Waals surface area contributed by atoms with Crippen molar-refractivity contribution in [2.45, 2.75) is 38.9 Å². The van der Waals surface area contributed by atoms with Crippen molar-refractivity contribution in [3.8, 4) is 0 Å². The molecular weight excluding hydrogens is 279 g/mol. The standard InChI is InChI=1S/C16H22F3NO/c1-12(20-11-15(2)7-9-21-10-8-15)13-3-5-14(6-4-13)16(17,18)19/h3-6,12,20H,7-11H2,1-2H3. The molecule has 118 valence electrons. The first kappa shape index (κ1) is 16.3. The van der Waals surface area contributed by atoms with Gasteiger partial charge in [-0.2, -0.15) is 13.2 Å². The first-order chi connectivity index (χ1) is 9.80. The Balaban J connectivity index is 1.92. The molecule has 0 spiro atoms. The second-order valence-corrected chi connectivity index (χ2v) is 6.15. The first-order valence-electron chi connectivity index (χ1n) is 7.28. The van der Waals surface area contributed by atoms with Crippen molar-refractivity contribution >= 4 is 0 Å². The van der Waals surface area contributed by atoms with E-state index in [0.717, 1.165) is 50.3 Å². The van der Waals surface area contributed by atoms with Gasteiger partial charge in [0.15, 0.2) is 0 Å². The molecule has 1 aromatic carbocycles. The van der Waals surface area contributed by atoms with Crippen LogP contribution < -0.4 is 5.32 Å². The van der Waals surface area contributed by atoms with Crippen LogP contribution in [0.2, 0.25) is 0 Å².